The van der Waals surface area contributed by atoms with Crippen LogP contribution in [0.25, 0.3) is 0 Å². The van der Waals surface area contributed by atoms with E-state index in [0.29, 0.717) is 0 Å². The van der Waals surface area contributed by atoms with E-state index >= 15 is 0 Å². The lowest BCUT2D eigenvalue weighted by molar-refractivity contribution is 0.140. The molecule has 0 aromatic carbocycles. The first-order valence-corrected chi connectivity index (χ1v) is 7.90. The third-order valence-electron chi connectivity index (χ3n) is 5.64. The molecule has 0 amide bonds. The van der Waals surface area contributed by atoms with Gasteiger partial charge in [-0.2, -0.15) is 0 Å². The molecule has 0 spiro atoms. The standard InChI is InChI=1S/C16H31N/c1-5-7-13(6-2)14-8-12(4)16-9-11(3)15(14)10-17-16/h11-17H,5-10H2,1-4H3. The highest BCUT2D eigenvalue weighted by Crippen LogP contribution is 2.44. The second-order valence-corrected chi connectivity index (χ2v) is 6.73. The minimum absolute atomic E-state index is 0.811. The Balaban J connectivity index is 2.14. The van der Waals surface area contributed by atoms with E-state index in [1.165, 1.54) is 38.6 Å². The Labute approximate surface area is 108 Å². The fourth-order valence-electron chi connectivity index (χ4n) is 4.56. The van der Waals surface area contributed by atoms with Crippen LogP contribution < -0.4 is 5.32 Å². The maximum Gasteiger partial charge on any atom is 0.00955 e. The van der Waals surface area contributed by atoms with Gasteiger partial charge in [-0.05, 0) is 49.0 Å². The van der Waals surface area contributed by atoms with E-state index < -0.39 is 0 Å². The van der Waals surface area contributed by atoms with Gasteiger partial charge in [-0.1, -0.05) is 47.0 Å². The lowest BCUT2D eigenvalue weighted by Gasteiger charge is -2.37. The molecule has 100 valence electrons. The zero-order chi connectivity index (χ0) is 12.4. The smallest absolute Gasteiger partial charge is 0.00955 e. The Kier molecular flexibility index (Phi) is 4.52. The van der Waals surface area contributed by atoms with Gasteiger partial charge >= 0.3 is 0 Å². The molecule has 0 aromatic heterocycles. The SMILES string of the molecule is CCCC(CC)C1CC(C)C2CC(C)C1CN2. The summed E-state index contributed by atoms with van der Waals surface area (Å²) < 4.78 is 0. The molecular formula is C16H31N. The Morgan fingerprint density at radius 2 is 1.88 bits per heavy atom. The number of piperidine rings is 1. The van der Waals surface area contributed by atoms with Gasteiger partial charge in [0.1, 0.15) is 0 Å². The fourth-order valence-corrected chi connectivity index (χ4v) is 4.56. The van der Waals surface area contributed by atoms with Crippen molar-refractivity contribution in [3.05, 3.63) is 0 Å². The van der Waals surface area contributed by atoms with Crippen molar-refractivity contribution in [2.75, 3.05) is 6.54 Å². The quantitative estimate of drug-likeness (QED) is 0.777. The lowest BCUT2D eigenvalue weighted by atomic mass is 9.71. The van der Waals surface area contributed by atoms with Crippen LogP contribution in [0.2, 0.25) is 0 Å². The van der Waals surface area contributed by atoms with E-state index in [1.807, 2.05) is 0 Å². The summed E-state index contributed by atoms with van der Waals surface area (Å²) >= 11 is 0. The van der Waals surface area contributed by atoms with Gasteiger partial charge in [0, 0.05) is 6.04 Å². The highest BCUT2D eigenvalue weighted by Gasteiger charge is 2.42. The molecular weight excluding hydrogens is 206 g/mol. The molecule has 6 atom stereocenters. The summed E-state index contributed by atoms with van der Waals surface area (Å²) in [6, 6.07) is 0.811. The van der Waals surface area contributed by atoms with Gasteiger partial charge in [0.2, 0.25) is 0 Å². The number of hydrogen-bond donors (Lipinski definition) is 1. The zero-order valence-corrected chi connectivity index (χ0v) is 12.2. The molecule has 17 heavy (non-hydrogen) atoms. The number of nitrogens with one attached hydrogen (secondary N) is 1. The van der Waals surface area contributed by atoms with Crippen molar-refractivity contribution in [3.63, 3.8) is 0 Å². The predicted molar refractivity (Wildman–Crippen MR) is 75.0 cm³/mol. The van der Waals surface area contributed by atoms with Crippen molar-refractivity contribution in [2.45, 2.75) is 65.8 Å². The van der Waals surface area contributed by atoms with E-state index in [-0.39, 0.29) is 0 Å². The van der Waals surface area contributed by atoms with Crippen molar-refractivity contribution < 1.29 is 0 Å². The van der Waals surface area contributed by atoms with E-state index in [0.717, 1.165) is 35.6 Å². The Morgan fingerprint density at radius 1 is 1.12 bits per heavy atom. The molecule has 2 bridgehead atoms. The van der Waals surface area contributed by atoms with Crippen LogP contribution in [0, 0.1) is 29.6 Å². The van der Waals surface area contributed by atoms with Crippen LogP contribution in [-0.2, 0) is 0 Å². The molecule has 2 heterocycles. The average molecular weight is 237 g/mol. The largest absolute Gasteiger partial charge is 0.313 e. The predicted octanol–water partition coefficient (Wildman–Crippen LogP) is 4.08. The molecule has 3 rings (SSSR count). The summed E-state index contributed by atoms with van der Waals surface area (Å²) in [5, 5.41) is 3.81. The molecule has 3 fully saturated rings. The van der Waals surface area contributed by atoms with Gasteiger partial charge < -0.3 is 5.32 Å². The van der Waals surface area contributed by atoms with Gasteiger partial charge in [-0.15, -0.1) is 0 Å². The fraction of sp³-hybridized carbons (Fsp3) is 1.00. The van der Waals surface area contributed by atoms with Crippen LogP contribution in [0.3, 0.4) is 0 Å². The molecule has 1 aliphatic carbocycles. The third kappa shape index (κ3) is 2.70. The molecule has 1 N–H and O–H groups in total. The third-order valence-corrected chi connectivity index (χ3v) is 5.64. The Morgan fingerprint density at radius 3 is 2.47 bits per heavy atom. The second kappa shape index (κ2) is 5.73. The van der Waals surface area contributed by atoms with E-state index in [9.17, 15) is 0 Å². The zero-order valence-electron chi connectivity index (χ0n) is 12.2. The normalized spacial score (nSPS) is 43.4. The van der Waals surface area contributed by atoms with Gasteiger partial charge in [-0.3, -0.25) is 0 Å². The van der Waals surface area contributed by atoms with Gasteiger partial charge in [-0.25, -0.2) is 0 Å². The molecule has 1 saturated carbocycles. The van der Waals surface area contributed by atoms with Crippen molar-refractivity contribution >= 4 is 0 Å². The van der Waals surface area contributed by atoms with E-state index in [4.69, 9.17) is 0 Å². The van der Waals surface area contributed by atoms with Crippen LogP contribution >= 0.6 is 0 Å². The van der Waals surface area contributed by atoms with Gasteiger partial charge in [0.05, 0.1) is 0 Å². The Bertz CT molecular complexity index is 238. The molecule has 2 saturated heterocycles. The summed E-state index contributed by atoms with van der Waals surface area (Å²) in [6.07, 6.45) is 7.10. The van der Waals surface area contributed by atoms with Crippen molar-refractivity contribution in [1.29, 1.82) is 0 Å². The van der Waals surface area contributed by atoms with Gasteiger partial charge in [0.15, 0.2) is 0 Å². The van der Waals surface area contributed by atoms with E-state index in [1.54, 1.807) is 0 Å². The maximum absolute atomic E-state index is 3.81. The number of rotatable bonds is 4. The summed E-state index contributed by atoms with van der Waals surface area (Å²) in [7, 11) is 0. The lowest BCUT2D eigenvalue weighted by Crippen LogP contribution is -2.44. The van der Waals surface area contributed by atoms with Crippen molar-refractivity contribution in [1.82, 2.24) is 5.32 Å². The summed E-state index contributed by atoms with van der Waals surface area (Å²) in [6.45, 7) is 11.0. The number of fused-ring (bicyclic) bond motifs is 4. The average Bonchev–Trinajstić information content (AvgIpc) is 2.54. The second-order valence-electron chi connectivity index (χ2n) is 6.73. The van der Waals surface area contributed by atoms with E-state index in [2.05, 4.69) is 33.0 Å². The maximum atomic E-state index is 3.81. The molecule has 3 aliphatic rings. The molecule has 0 radical (unpaired) electrons. The van der Waals surface area contributed by atoms with Crippen molar-refractivity contribution in [2.24, 2.45) is 29.6 Å². The Hall–Kier alpha value is -0.0400. The molecule has 0 aromatic rings. The molecule has 6 unspecified atom stereocenters. The van der Waals surface area contributed by atoms with Crippen molar-refractivity contribution in [3.8, 4) is 0 Å². The minimum Gasteiger partial charge on any atom is -0.313 e. The first-order valence-electron chi connectivity index (χ1n) is 7.90. The van der Waals surface area contributed by atoms with Crippen LogP contribution in [0.15, 0.2) is 0 Å². The summed E-state index contributed by atoms with van der Waals surface area (Å²) in [5.74, 6) is 4.76. The molecule has 2 aliphatic heterocycles. The minimum atomic E-state index is 0.811. The van der Waals surface area contributed by atoms with Crippen LogP contribution in [0.5, 0.6) is 0 Å². The summed E-state index contributed by atoms with van der Waals surface area (Å²) in [4.78, 5) is 0. The summed E-state index contributed by atoms with van der Waals surface area (Å²) in [5.41, 5.74) is 0. The van der Waals surface area contributed by atoms with Crippen LogP contribution in [0.1, 0.15) is 59.8 Å². The first kappa shape index (κ1) is 13.4. The monoisotopic (exact) mass is 237 g/mol. The first-order chi connectivity index (χ1) is 8.17. The van der Waals surface area contributed by atoms with Gasteiger partial charge in [0.25, 0.3) is 0 Å². The van der Waals surface area contributed by atoms with Crippen LogP contribution in [-0.4, -0.2) is 12.6 Å². The number of hydrogen-bond acceptors (Lipinski definition) is 1. The highest BCUT2D eigenvalue weighted by molar-refractivity contribution is 4.95. The molecule has 1 nitrogen and oxygen atoms in total. The van der Waals surface area contributed by atoms with Crippen LogP contribution in [0.4, 0.5) is 0 Å². The topological polar surface area (TPSA) is 12.0 Å². The molecule has 1 heteroatoms. The highest BCUT2D eigenvalue weighted by atomic mass is 15.0.